The molecule has 3 heteroatoms. The van der Waals surface area contributed by atoms with Crippen molar-refractivity contribution in [2.24, 2.45) is 5.92 Å². The Morgan fingerprint density at radius 2 is 1.80 bits per heavy atom. The largest absolute Gasteiger partial charge is 0.273 e. The average Bonchev–Trinajstić information content (AvgIpc) is 2.92. The molecule has 0 saturated heterocycles. The molecule has 0 atom stereocenters. The van der Waals surface area contributed by atoms with Crippen molar-refractivity contribution in [2.75, 3.05) is 0 Å². The van der Waals surface area contributed by atoms with E-state index in [1.54, 1.807) is 0 Å². The first-order chi connectivity index (χ1) is 9.47. The van der Waals surface area contributed by atoms with Crippen LogP contribution in [0.1, 0.15) is 57.6 Å². The third-order valence-corrected chi connectivity index (χ3v) is 3.96. The van der Waals surface area contributed by atoms with E-state index in [1.807, 2.05) is 0 Å². The van der Waals surface area contributed by atoms with Gasteiger partial charge in [0.1, 0.15) is 0 Å². The number of hydrogen-bond acceptors (Lipinski definition) is 2. The van der Waals surface area contributed by atoms with Gasteiger partial charge in [-0.25, -0.2) is 5.48 Å². The third kappa shape index (κ3) is 4.07. The molecule has 2 rings (SSSR count). The van der Waals surface area contributed by atoms with Crippen molar-refractivity contribution in [3.05, 3.63) is 35.4 Å². The summed E-state index contributed by atoms with van der Waals surface area (Å²) in [7, 11) is 0. The highest BCUT2D eigenvalue weighted by Gasteiger charge is 2.22. The number of rotatable bonds is 4. The summed E-state index contributed by atoms with van der Waals surface area (Å²) in [5.74, 6) is 0.187. The molecule has 1 fully saturated rings. The highest BCUT2D eigenvalue weighted by Crippen LogP contribution is 2.25. The Balaban J connectivity index is 1.78. The molecule has 20 heavy (non-hydrogen) atoms. The standard InChI is InChI=1S/C17H25NO2/c1-17(2,3)15-10-8-13(9-11-15)12-20-18-16(19)14-6-4-5-7-14/h8-11,14H,4-7,12H2,1-3H3,(H,18,19). The van der Waals surface area contributed by atoms with E-state index < -0.39 is 0 Å². The summed E-state index contributed by atoms with van der Waals surface area (Å²) in [6.45, 7) is 7.00. The number of hydrogen-bond donors (Lipinski definition) is 1. The molecule has 0 unspecified atom stereocenters. The molecule has 1 aromatic carbocycles. The number of nitrogens with one attached hydrogen (secondary N) is 1. The zero-order valence-corrected chi connectivity index (χ0v) is 12.7. The van der Waals surface area contributed by atoms with E-state index in [4.69, 9.17) is 4.84 Å². The predicted molar refractivity (Wildman–Crippen MR) is 80.0 cm³/mol. The minimum Gasteiger partial charge on any atom is -0.273 e. The van der Waals surface area contributed by atoms with Gasteiger partial charge in [-0.2, -0.15) is 0 Å². The van der Waals surface area contributed by atoms with Crippen molar-refractivity contribution < 1.29 is 9.63 Å². The van der Waals surface area contributed by atoms with Crippen LogP contribution in [-0.4, -0.2) is 5.91 Å². The van der Waals surface area contributed by atoms with Gasteiger partial charge in [-0.1, -0.05) is 57.9 Å². The monoisotopic (exact) mass is 275 g/mol. The fraction of sp³-hybridized carbons (Fsp3) is 0.588. The molecule has 1 aliphatic carbocycles. The van der Waals surface area contributed by atoms with Crippen molar-refractivity contribution in [2.45, 2.75) is 58.5 Å². The maximum atomic E-state index is 11.8. The van der Waals surface area contributed by atoms with Crippen molar-refractivity contribution in [1.29, 1.82) is 0 Å². The van der Waals surface area contributed by atoms with Gasteiger partial charge in [0.05, 0.1) is 6.61 Å². The second-order valence-electron chi connectivity index (χ2n) is 6.68. The predicted octanol–water partition coefficient (Wildman–Crippen LogP) is 3.72. The van der Waals surface area contributed by atoms with Crippen LogP contribution in [0.3, 0.4) is 0 Å². The second-order valence-corrected chi connectivity index (χ2v) is 6.68. The summed E-state index contributed by atoms with van der Waals surface area (Å²) in [5, 5.41) is 0. The Hall–Kier alpha value is -1.35. The molecule has 0 heterocycles. The lowest BCUT2D eigenvalue weighted by Crippen LogP contribution is -2.29. The van der Waals surface area contributed by atoms with Gasteiger partial charge < -0.3 is 0 Å². The molecule has 1 aromatic rings. The Labute approximate surface area is 121 Å². The molecular formula is C17H25NO2. The Bertz CT molecular complexity index is 439. The fourth-order valence-corrected chi connectivity index (χ4v) is 2.56. The Morgan fingerprint density at radius 1 is 1.20 bits per heavy atom. The SMILES string of the molecule is CC(C)(C)c1ccc(CONC(=O)C2CCCC2)cc1. The van der Waals surface area contributed by atoms with Gasteiger partial charge in [0.2, 0.25) is 5.91 Å². The van der Waals surface area contributed by atoms with Gasteiger partial charge in [-0.3, -0.25) is 9.63 Å². The molecule has 0 radical (unpaired) electrons. The van der Waals surface area contributed by atoms with Crippen LogP contribution in [-0.2, 0) is 21.7 Å². The van der Waals surface area contributed by atoms with Crippen LogP contribution in [0.15, 0.2) is 24.3 Å². The van der Waals surface area contributed by atoms with E-state index in [2.05, 4.69) is 50.5 Å². The number of carbonyl (C=O) groups excluding carboxylic acids is 1. The summed E-state index contributed by atoms with van der Waals surface area (Å²) in [6.07, 6.45) is 4.31. The molecular weight excluding hydrogens is 250 g/mol. The first kappa shape index (κ1) is 15.0. The van der Waals surface area contributed by atoms with Crippen LogP contribution in [0.2, 0.25) is 0 Å². The molecule has 110 valence electrons. The Morgan fingerprint density at radius 3 is 2.35 bits per heavy atom. The van der Waals surface area contributed by atoms with E-state index in [0.29, 0.717) is 6.61 Å². The summed E-state index contributed by atoms with van der Waals surface area (Å²) >= 11 is 0. The molecule has 0 aromatic heterocycles. The highest BCUT2D eigenvalue weighted by atomic mass is 16.6. The molecule has 0 bridgehead atoms. The zero-order valence-electron chi connectivity index (χ0n) is 12.7. The van der Waals surface area contributed by atoms with E-state index in [-0.39, 0.29) is 17.2 Å². The molecule has 1 saturated carbocycles. The second kappa shape index (κ2) is 6.40. The summed E-state index contributed by atoms with van der Waals surface area (Å²) < 4.78 is 0. The average molecular weight is 275 g/mol. The molecule has 3 nitrogen and oxygen atoms in total. The topological polar surface area (TPSA) is 38.3 Å². The van der Waals surface area contributed by atoms with Crippen LogP contribution in [0.5, 0.6) is 0 Å². The van der Waals surface area contributed by atoms with E-state index in [1.165, 1.54) is 5.56 Å². The van der Waals surface area contributed by atoms with Crippen molar-refractivity contribution in [1.82, 2.24) is 5.48 Å². The van der Waals surface area contributed by atoms with Crippen LogP contribution in [0.25, 0.3) is 0 Å². The van der Waals surface area contributed by atoms with E-state index in [0.717, 1.165) is 31.2 Å². The van der Waals surface area contributed by atoms with Crippen LogP contribution in [0.4, 0.5) is 0 Å². The Kier molecular flexibility index (Phi) is 4.81. The smallest absolute Gasteiger partial charge is 0.246 e. The zero-order chi connectivity index (χ0) is 14.6. The molecule has 0 aliphatic heterocycles. The molecule has 1 aliphatic rings. The first-order valence-corrected chi connectivity index (χ1v) is 7.48. The minimum absolute atomic E-state index is 0.0359. The summed E-state index contributed by atoms with van der Waals surface area (Å²) in [5.41, 5.74) is 5.12. The maximum absolute atomic E-state index is 11.8. The van der Waals surface area contributed by atoms with Crippen LogP contribution < -0.4 is 5.48 Å². The first-order valence-electron chi connectivity index (χ1n) is 7.48. The van der Waals surface area contributed by atoms with Crippen LogP contribution >= 0.6 is 0 Å². The quantitative estimate of drug-likeness (QED) is 0.850. The number of hydroxylamine groups is 1. The van der Waals surface area contributed by atoms with Gasteiger partial charge in [-0.05, 0) is 29.4 Å². The van der Waals surface area contributed by atoms with E-state index in [9.17, 15) is 4.79 Å². The van der Waals surface area contributed by atoms with Gasteiger partial charge in [-0.15, -0.1) is 0 Å². The maximum Gasteiger partial charge on any atom is 0.246 e. The molecule has 1 amide bonds. The van der Waals surface area contributed by atoms with Crippen LogP contribution in [0, 0.1) is 5.92 Å². The van der Waals surface area contributed by atoms with Gasteiger partial charge in [0.15, 0.2) is 0 Å². The lowest BCUT2D eigenvalue weighted by atomic mass is 9.87. The minimum atomic E-state index is 0.0359. The van der Waals surface area contributed by atoms with Gasteiger partial charge in [0, 0.05) is 5.92 Å². The van der Waals surface area contributed by atoms with Crippen molar-refractivity contribution in [3.8, 4) is 0 Å². The normalized spacial score (nSPS) is 16.4. The summed E-state index contributed by atoms with van der Waals surface area (Å²) in [4.78, 5) is 17.1. The highest BCUT2D eigenvalue weighted by molar-refractivity contribution is 5.77. The lowest BCUT2D eigenvalue weighted by molar-refractivity contribution is -0.138. The number of benzene rings is 1. The van der Waals surface area contributed by atoms with Crippen molar-refractivity contribution in [3.63, 3.8) is 0 Å². The van der Waals surface area contributed by atoms with Crippen molar-refractivity contribution >= 4 is 5.91 Å². The number of carbonyl (C=O) groups is 1. The third-order valence-electron chi connectivity index (χ3n) is 3.96. The lowest BCUT2D eigenvalue weighted by Gasteiger charge is -2.19. The van der Waals surface area contributed by atoms with Gasteiger partial charge >= 0.3 is 0 Å². The molecule has 0 spiro atoms. The summed E-state index contributed by atoms with van der Waals surface area (Å²) in [6, 6.07) is 8.36. The molecule has 1 N–H and O–H groups in total. The van der Waals surface area contributed by atoms with E-state index >= 15 is 0 Å². The number of amides is 1. The fourth-order valence-electron chi connectivity index (χ4n) is 2.56. The van der Waals surface area contributed by atoms with Gasteiger partial charge in [0.25, 0.3) is 0 Å².